The molecule has 11 nitrogen and oxygen atoms in total. The van der Waals surface area contributed by atoms with E-state index in [1.54, 1.807) is 23.0 Å². The summed E-state index contributed by atoms with van der Waals surface area (Å²) in [5.74, 6) is 0.289. The van der Waals surface area contributed by atoms with Crippen LogP contribution >= 0.6 is 0 Å². The average Bonchev–Trinajstić information content (AvgIpc) is 3.47. The largest absolute Gasteiger partial charge is 0.508 e. The number of rotatable bonds is 5. The Kier molecular flexibility index (Phi) is 5.17. The molecule has 4 heterocycles. The maximum Gasteiger partial charge on any atom is 0.323 e. The molecular formula is C25H24N8O3. The lowest BCUT2D eigenvalue weighted by atomic mass is 10.2. The first-order valence-electron chi connectivity index (χ1n) is 11.6. The van der Waals surface area contributed by atoms with Gasteiger partial charge >= 0.3 is 5.97 Å². The zero-order valence-electron chi connectivity index (χ0n) is 19.6. The van der Waals surface area contributed by atoms with E-state index >= 15 is 0 Å². The van der Waals surface area contributed by atoms with Crippen LogP contribution in [0.5, 0.6) is 5.75 Å². The second-order valence-corrected chi connectivity index (χ2v) is 8.89. The molecule has 0 aliphatic carbocycles. The Morgan fingerprint density at radius 1 is 1.00 bits per heavy atom. The number of anilines is 2. The van der Waals surface area contributed by atoms with Crippen molar-refractivity contribution < 1.29 is 15.0 Å². The van der Waals surface area contributed by atoms with Gasteiger partial charge in [-0.2, -0.15) is 15.1 Å². The third-order valence-corrected chi connectivity index (χ3v) is 6.44. The molecule has 6 rings (SSSR count). The molecule has 11 heteroatoms. The number of phenols is 1. The normalized spacial score (nSPS) is 14.1. The molecule has 1 aliphatic rings. The number of hydrogen-bond donors (Lipinski definition) is 2. The summed E-state index contributed by atoms with van der Waals surface area (Å²) >= 11 is 0. The smallest absolute Gasteiger partial charge is 0.323 e. The molecule has 1 fully saturated rings. The lowest BCUT2D eigenvalue weighted by Crippen LogP contribution is -2.47. The maximum absolute atomic E-state index is 11.5. The Morgan fingerprint density at radius 3 is 2.50 bits per heavy atom. The molecule has 0 bridgehead atoms. The van der Waals surface area contributed by atoms with Gasteiger partial charge in [0.05, 0.1) is 18.0 Å². The van der Waals surface area contributed by atoms with Gasteiger partial charge in [-0.15, -0.1) is 0 Å². The highest BCUT2D eigenvalue weighted by Gasteiger charge is 2.24. The Labute approximate surface area is 205 Å². The lowest BCUT2D eigenvalue weighted by Gasteiger charge is -2.36. The van der Waals surface area contributed by atoms with Gasteiger partial charge < -0.3 is 24.6 Å². The van der Waals surface area contributed by atoms with E-state index in [0.29, 0.717) is 36.0 Å². The van der Waals surface area contributed by atoms with Crippen molar-refractivity contribution in [3.05, 3.63) is 60.6 Å². The zero-order chi connectivity index (χ0) is 24.8. The number of aliphatic carboxylic acids is 1. The van der Waals surface area contributed by atoms with Crippen molar-refractivity contribution in [2.45, 2.75) is 13.5 Å². The van der Waals surface area contributed by atoms with Gasteiger partial charge in [0.25, 0.3) is 0 Å². The number of carboxylic acids is 1. The van der Waals surface area contributed by atoms with Gasteiger partial charge in [-0.3, -0.25) is 4.79 Å². The molecule has 0 amide bonds. The number of aromatic nitrogens is 6. The predicted molar refractivity (Wildman–Crippen MR) is 135 cm³/mol. The Morgan fingerprint density at radius 2 is 1.75 bits per heavy atom. The fraction of sp³-hybridized carbons (Fsp3) is 0.240. The molecule has 36 heavy (non-hydrogen) atoms. The third kappa shape index (κ3) is 3.84. The van der Waals surface area contributed by atoms with Gasteiger partial charge in [0.1, 0.15) is 12.3 Å². The first-order chi connectivity index (χ1) is 17.5. The quantitative estimate of drug-likeness (QED) is 0.387. The maximum atomic E-state index is 11.5. The molecule has 0 saturated carbocycles. The number of carbonyl (C=O) groups is 1. The minimum Gasteiger partial charge on any atom is -0.508 e. The zero-order valence-corrected chi connectivity index (χ0v) is 19.6. The van der Waals surface area contributed by atoms with E-state index in [-0.39, 0.29) is 12.3 Å². The summed E-state index contributed by atoms with van der Waals surface area (Å²) in [5, 5.41) is 24.5. The minimum absolute atomic E-state index is 0.242. The van der Waals surface area contributed by atoms with Crippen molar-refractivity contribution in [2.24, 2.45) is 0 Å². The van der Waals surface area contributed by atoms with Crippen LogP contribution in [0.15, 0.2) is 55.0 Å². The average molecular weight is 485 g/mol. The number of aromatic hydroxyl groups is 1. The minimum atomic E-state index is -0.973. The molecule has 0 unspecified atom stereocenters. The van der Waals surface area contributed by atoms with E-state index in [4.69, 9.17) is 9.97 Å². The first-order valence-corrected chi connectivity index (χ1v) is 11.6. The van der Waals surface area contributed by atoms with Gasteiger partial charge in [-0.25, -0.2) is 9.67 Å². The second-order valence-electron chi connectivity index (χ2n) is 8.89. The van der Waals surface area contributed by atoms with Crippen LogP contribution in [-0.2, 0) is 11.3 Å². The van der Waals surface area contributed by atoms with Gasteiger partial charge in [0, 0.05) is 37.3 Å². The molecule has 2 N–H and O–H groups in total. The van der Waals surface area contributed by atoms with Crippen LogP contribution in [-0.4, -0.2) is 71.7 Å². The summed E-state index contributed by atoms with van der Waals surface area (Å²) in [6.07, 6.45) is 3.27. The highest BCUT2D eigenvalue weighted by molar-refractivity contribution is 5.86. The van der Waals surface area contributed by atoms with E-state index < -0.39 is 5.97 Å². The second kappa shape index (κ2) is 8.52. The van der Waals surface area contributed by atoms with E-state index in [2.05, 4.69) is 19.9 Å². The van der Waals surface area contributed by atoms with E-state index in [1.807, 2.05) is 37.3 Å². The molecule has 0 atom stereocenters. The Bertz CT molecular complexity index is 1580. The van der Waals surface area contributed by atoms with Crippen LogP contribution in [0.4, 0.5) is 11.6 Å². The monoisotopic (exact) mass is 484 g/mol. The number of hydrogen-bond acceptors (Lipinski definition) is 8. The summed E-state index contributed by atoms with van der Waals surface area (Å²) in [5.41, 5.74) is 3.98. The van der Waals surface area contributed by atoms with Gasteiger partial charge in [0.15, 0.2) is 17.0 Å². The van der Waals surface area contributed by atoms with Crippen LogP contribution in [0.25, 0.3) is 27.9 Å². The predicted octanol–water partition coefficient (Wildman–Crippen LogP) is 2.59. The molecule has 1 saturated heterocycles. The number of imidazole rings is 1. The van der Waals surface area contributed by atoms with Crippen molar-refractivity contribution >= 4 is 39.7 Å². The highest BCUT2D eigenvalue weighted by Crippen LogP contribution is 2.27. The van der Waals surface area contributed by atoms with Gasteiger partial charge in [-0.1, -0.05) is 12.1 Å². The van der Waals surface area contributed by atoms with Crippen molar-refractivity contribution in [2.75, 3.05) is 36.0 Å². The molecule has 0 radical (unpaired) electrons. The van der Waals surface area contributed by atoms with Crippen LogP contribution in [0.1, 0.15) is 5.56 Å². The third-order valence-electron chi connectivity index (χ3n) is 6.44. The number of carboxylic acid groups (broad SMARTS) is 1. The van der Waals surface area contributed by atoms with Gasteiger partial charge in [0.2, 0.25) is 5.95 Å². The summed E-state index contributed by atoms with van der Waals surface area (Å²) in [6.45, 7) is 4.63. The van der Waals surface area contributed by atoms with Crippen LogP contribution < -0.4 is 9.80 Å². The molecule has 1 aliphatic heterocycles. The molecule has 182 valence electrons. The standard InChI is InChI=1S/C25H24N8O3/c1-16-2-3-17-13-27-33(20(17)12-16)24-22-23(32(15-26-22)14-21(35)36)28-25(29-24)31-10-8-30(9-11-31)18-4-6-19(34)7-5-18/h2-7,12-13,15,34H,8-11,14H2,1H3,(H,35,36). The molecule has 5 aromatic rings. The molecule has 3 aromatic heterocycles. The van der Waals surface area contributed by atoms with E-state index in [0.717, 1.165) is 35.2 Å². The SMILES string of the molecule is Cc1ccc2cnn(-c3nc(N4CCN(c5ccc(O)cc5)CC4)nc4c3ncn4CC(=O)O)c2c1. The molecule has 0 spiro atoms. The fourth-order valence-electron chi connectivity index (χ4n) is 4.59. The number of phenolic OH excluding ortho intramolecular Hbond substituents is 1. The summed E-state index contributed by atoms with van der Waals surface area (Å²) < 4.78 is 3.27. The number of fused-ring (bicyclic) bond motifs is 2. The number of benzene rings is 2. The molecular weight excluding hydrogens is 460 g/mol. The van der Waals surface area contributed by atoms with Crippen molar-refractivity contribution in [3.8, 4) is 11.6 Å². The number of aryl methyl sites for hydroxylation is 1. The molecule has 2 aromatic carbocycles. The fourth-order valence-corrected chi connectivity index (χ4v) is 4.59. The van der Waals surface area contributed by atoms with Crippen LogP contribution in [0.3, 0.4) is 0 Å². The first kappa shape index (κ1) is 21.8. The lowest BCUT2D eigenvalue weighted by molar-refractivity contribution is -0.137. The highest BCUT2D eigenvalue weighted by atomic mass is 16.4. The van der Waals surface area contributed by atoms with Gasteiger partial charge in [-0.05, 0) is 42.8 Å². The van der Waals surface area contributed by atoms with Crippen LogP contribution in [0.2, 0.25) is 0 Å². The number of nitrogens with zero attached hydrogens (tertiary/aromatic N) is 8. The van der Waals surface area contributed by atoms with Crippen molar-refractivity contribution in [1.82, 2.24) is 29.3 Å². The Hall–Kier alpha value is -4.67. The summed E-state index contributed by atoms with van der Waals surface area (Å²) in [6, 6.07) is 13.3. The van der Waals surface area contributed by atoms with Crippen LogP contribution in [0, 0.1) is 6.92 Å². The van der Waals surface area contributed by atoms with E-state index in [9.17, 15) is 15.0 Å². The van der Waals surface area contributed by atoms with Crippen molar-refractivity contribution in [3.63, 3.8) is 0 Å². The van der Waals surface area contributed by atoms with E-state index in [1.165, 1.54) is 10.9 Å². The van der Waals surface area contributed by atoms with Crippen molar-refractivity contribution in [1.29, 1.82) is 0 Å². The summed E-state index contributed by atoms with van der Waals surface area (Å²) in [4.78, 5) is 29.9. The topological polar surface area (TPSA) is 125 Å². The number of piperazine rings is 1. The Balaban J connectivity index is 1.41. The summed E-state index contributed by atoms with van der Waals surface area (Å²) in [7, 11) is 0.